The predicted octanol–water partition coefficient (Wildman–Crippen LogP) is 1.65. The van der Waals surface area contributed by atoms with Crippen molar-refractivity contribution in [2.24, 2.45) is 5.73 Å². The van der Waals surface area contributed by atoms with E-state index in [0.29, 0.717) is 17.8 Å². The zero-order valence-corrected chi connectivity index (χ0v) is 10.8. The minimum atomic E-state index is 0.390. The van der Waals surface area contributed by atoms with Crippen LogP contribution in [-0.4, -0.2) is 29.0 Å². The Bertz CT molecular complexity index is 430. The third kappa shape index (κ3) is 3.28. The second-order valence-electron chi connectivity index (χ2n) is 5.14. The van der Waals surface area contributed by atoms with Gasteiger partial charge < -0.3 is 5.73 Å². The van der Waals surface area contributed by atoms with Gasteiger partial charge in [0.05, 0.1) is 0 Å². The molecule has 0 atom stereocenters. The lowest BCUT2D eigenvalue weighted by Gasteiger charge is -2.33. The van der Waals surface area contributed by atoms with Crippen LogP contribution in [0.4, 0.5) is 0 Å². The molecule has 1 heterocycles. The first-order chi connectivity index (χ1) is 8.69. The van der Waals surface area contributed by atoms with Crippen molar-refractivity contribution >= 4 is 0 Å². The van der Waals surface area contributed by atoms with E-state index >= 15 is 0 Å². The van der Waals surface area contributed by atoms with Gasteiger partial charge in [-0.2, -0.15) is 5.26 Å². The van der Waals surface area contributed by atoms with E-state index in [-0.39, 0.29) is 0 Å². The van der Waals surface area contributed by atoms with E-state index in [1.807, 2.05) is 12.1 Å². The molecule has 0 aromatic carbocycles. The highest BCUT2D eigenvalue weighted by Gasteiger charge is 2.21. The number of rotatable bonds is 3. The molecule has 2 rings (SSSR count). The number of aromatic nitrogens is 1. The van der Waals surface area contributed by atoms with Crippen LogP contribution in [0.25, 0.3) is 0 Å². The Balaban J connectivity index is 1.94. The van der Waals surface area contributed by atoms with Crippen LogP contribution in [0.2, 0.25) is 0 Å². The third-order valence-electron chi connectivity index (χ3n) is 3.74. The van der Waals surface area contributed by atoms with Crippen molar-refractivity contribution in [3.8, 4) is 6.07 Å². The summed E-state index contributed by atoms with van der Waals surface area (Å²) >= 11 is 0. The lowest BCUT2D eigenvalue weighted by atomic mass is 9.91. The molecule has 1 aliphatic carbocycles. The van der Waals surface area contributed by atoms with Crippen molar-refractivity contribution in [2.75, 3.05) is 7.05 Å². The summed E-state index contributed by atoms with van der Waals surface area (Å²) in [6, 6.07) is 6.93. The molecule has 1 fully saturated rings. The standard InChI is InChI=1S/C14H20N4/c1-18(14-4-2-12(16)3-5-14)10-11-6-7-17-13(8-11)9-15/h6-8,12,14H,2-5,10,16H2,1H3. The molecule has 1 aromatic heterocycles. The smallest absolute Gasteiger partial charge is 0.140 e. The minimum absolute atomic E-state index is 0.390. The monoisotopic (exact) mass is 244 g/mol. The summed E-state index contributed by atoms with van der Waals surface area (Å²) < 4.78 is 0. The van der Waals surface area contributed by atoms with E-state index < -0.39 is 0 Å². The van der Waals surface area contributed by atoms with Crippen molar-refractivity contribution in [1.82, 2.24) is 9.88 Å². The molecule has 0 aliphatic heterocycles. The maximum Gasteiger partial charge on any atom is 0.140 e. The fraction of sp³-hybridized carbons (Fsp3) is 0.571. The third-order valence-corrected chi connectivity index (χ3v) is 3.74. The molecule has 0 amide bonds. The van der Waals surface area contributed by atoms with Crippen molar-refractivity contribution in [2.45, 2.75) is 44.3 Å². The number of nitrogens with two attached hydrogens (primary N) is 1. The van der Waals surface area contributed by atoms with E-state index in [9.17, 15) is 0 Å². The Morgan fingerprint density at radius 1 is 1.44 bits per heavy atom. The van der Waals surface area contributed by atoms with Gasteiger partial charge in [-0.15, -0.1) is 0 Å². The van der Waals surface area contributed by atoms with Gasteiger partial charge in [0.15, 0.2) is 0 Å². The predicted molar refractivity (Wildman–Crippen MR) is 70.7 cm³/mol. The highest BCUT2D eigenvalue weighted by Crippen LogP contribution is 2.22. The van der Waals surface area contributed by atoms with Gasteiger partial charge in [0.25, 0.3) is 0 Å². The lowest BCUT2D eigenvalue weighted by molar-refractivity contribution is 0.176. The van der Waals surface area contributed by atoms with Crippen LogP contribution in [0.3, 0.4) is 0 Å². The van der Waals surface area contributed by atoms with Crippen LogP contribution in [0.15, 0.2) is 18.3 Å². The quantitative estimate of drug-likeness (QED) is 0.878. The van der Waals surface area contributed by atoms with Crippen LogP contribution in [0.1, 0.15) is 36.9 Å². The van der Waals surface area contributed by atoms with E-state index in [0.717, 1.165) is 24.9 Å². The average molecular weight is 244 g/mol. The Morgan fingerprint density at radius 2 is 2.17 bits per heavy atom. The molecule has 1 aromatic rings. The van der Waals surface area contributed by atoms with Crippen LogP contribution in [-0.2, 0) is 6.54 Å². The number of nitriles is 1. The molecule has 0 bridgehead atoms. The molecule has 0 saturated heterocycles. The zero-order chi connectivity index (χ0) is 13.0. The molecule has 0 radical (unpaired) electrons. The van der Waals surface area contributed by atoms with E-state index in [1.54, 1.807) is 6.20 Å². The number of hydrogen-bond donors (Lipinski definition) is 1. The highest BCUT2D eigenvalue weighted by atomic mass is 15.1. The summed E-state index contributed by atoms with van der Waals surface area (Å²) in [5.41, 5.74) is 7.57. The second kappa shape index (κ2) is 5.94. The SMILES string of the molecule is CN(Cc1ccnc(C#N)c1)C1CCC(N)CC1. The largest absolute Gasteiger partial charge is 0.328 e. The topological polar surface area (TPSA) is 65.9 Å². The first kappa shape index (κ1) is 13.0. The van der Waals surface area contributed by atoms with Crippen molar-refractivity contribution in [1.29, 1.82) is 5.26 Å². The van der Waals surface area contributed by atoms with Crippen molar-refractivity contribution in [3.63, 3.8) is 0 Å². The first-order valence-corrected chi connectivity index (χ1v) is 6.50. The molecule has 4 heteroatoms. The maximum atomic E-state index is 8.83. The van der Waals surface area contributed by atoms with E-state index in [2.05, 4.69) is 23.0 Å². The van der Waals surface area contributed by atoms with Gasteiger partial charge in [-0.3, -0.25) is 4.90 Å². The normalized spacial score (nSPS) is 23.9. The maximum absolute atomic E-state index is 8.83. The number of hydrogen-bond acceptors (Lipinski definition) is 4. The molecule has 96 valence electrons. The molecular weight excluding hydrogens is 224 g/mol. The summed E-state index contributed by atoms with van der Waals surface area (Å²) in [6.07, 6.45) is 6.30. The van der Waals surface area contributed by atoms with Gasteiger partial charge in [-0.25, -0.2) is 4.98 Å². The molecule has 1 aliphatic rings. The van der Waals surface area contributed by atoms with Crippen LogP contribution in [0.5, 0.6) is 0 Å². The molecule has 4 nitrogen and oxygen atoms in total. The minimum Gasteiger partial charge on any atom is -0.328 e. The summed E-state index contributed by atoms with van der Waals surface area (Å²) in [5, 5.41) is 8.83. The molecule has 2 N–H and O–H groups in total. The van der Waals surface area contributed by atoms with Crippen LogP contribution >= 0.6 is 0 Å². The lowest BCUT2D eigenvalue weighted by Crippen LogP contribution is -2.38. The van der Waals surface area contributed by atoms with Gasteiger partial charge in [0.2, 0.25) is 0 Å². The second-order valence-corrected chi connectivity index (χ2v) is 5.14. The fourth-order valence-corrected chi connectivity index (χ4v) is 2.59. The Labute approximate surface area is 108 Å². The van der Waals surface area contributed by atoms with Crippen molar-refractivity contribution in [3.05, 3.63) is 29.6 Å². The van der Waals surface area contributed by atoms with Crippen LogP contribution in [0, 0.1) is 11.3 Å². The van der Waals surface area contributed by atoms with Gasteiger partial charge in [0, 0.05) is 24.8 Å². The van der Waals surface area contributed by atoms with Gasteiger partial charge in [0.1, 0.15) is 11.8 Å². The molecule has 18 heavy (non-hydrogen) atoms. The van der Waals surface area contributed by atoms with Crippen molar-refractivity contribution < 1.29 is 0 Å². The summed E-state index contributed by atoms with van der Waals surface area (Å²) in [4.78, 5) is 6.35. The summed E-state index contributed by atoms with van der Waals surface area (Å²) in [7, 11) is 2.15. The average Bonchev–Trinajstić information content (AvgIpc) is 2.39. The van der Waals surface area contributed by atoms with Crippen LogP contribution < -0.4 is 5.73 Å². The highest BCUT2D eigenvalue weighted by molar-refractivity contribution is 5.25. The zero-order valence-electron chi connectivity index (χ0n) is 10.8. The summed E-state index contributed by atoms with van der Waals surface area (Å²) in [6.45, 7) is 0.872. The molecular formula is C14H20N4. The molecule has 0 spiro atoms. The Hall–Kier alpha value is -1.44. The van der Waals surface area contributed by atoms with Gasteiger partial charge in [-0.05, 0) is 50.4 Å². The molecule has 0 unspecified atom stereocenters. The fourth-order valence-electron chi connectivity index (χ4n) is 2.59. The van der Waals surface area contributed by atoms with Gasteiger partial charge >= 0.3 is 0 Å². The van der Waals surface area contributed by atoms with E-state index in [4.69, 9.17) is 11.0 Å². The summed E-state index contributed by atoms with van der Waals surface area (Å²) in [5.74, 6) is 0. The number of nitrogens with zero attached hydrogens (tertiary/aromatic N) is 3. The number of pyridine rings is 1. The first-order valence-electron chi connectivity index (χ1n) is 6.50. The Morgan fingerprint density at radius 3 is 2.83 bits per heavy atom. The molecule has 1 saturated carbocycles. The Kier molecular flexibility index (Phi) is 4.29. The van der Waals surface area contributed by atoms with E-state index in [1.165, 1.54) is 12.8 Å². The van der Waals surface area contributed by atoms with Gasteiger partial charge in [-0.1, -0.05) is 0 Å².